The Hall–Kier alpha value is -3.02. The molecule has 0 fully saturated rings. The van der Waals surface area contributed by atoms with Crippen molar-refractivity contribution >= 4 is 27.1 Å². The van der Waals surface area contributed by atoms with Gasteiger partial charge in [-0.1, -0.05) is 11.6 Å². The van der Waals surface area contributed by atoms with Gasteiger partial charge in [0.1, 0.15) is 11.5 Å². The zero-order valence-electron chi connectivity index (χ0n) is 16.3. The van der Waals surface area contributed by atoms with Crippen LogP contribution < -0.4 is 5.56 Å². The molecule has 1 aliphatic rings. The van der Waals surface area contributed by atoms with Gasteiger partial charge in [0.15, 0.2) is 0 Å². The summed E-state index contributed by atoms with van der Waals surface area (Å²) in [4.78, 5) is 31.5. The third-order valence-corrected chi connectivity index (χ3v) is 6.07. The third kappa shape index (κ3) is 4.38. The average Bonchev–Trinajstić information content (AvgIpc) is 3.15. The van der Waals surface area contributed by atoms with Crippen molar-refractivity contribution in [3.05, 3.63) is 72.8 Å². The van der Waals surface area contributed by atoms with E-state index in [0.29, 0.717) is 47.9 Å². The second-order valence-electron chi connectivity index (χ2n) is 7.21. The summed E-state index contributed by atoms with van der Waals surface area (Å²) in [6.45, 7) is 1.19. The van der Waals surface area contributed by atoms with Gasteiger partial charge in [-0.15, -0.1) is 0 Å². The van der Waals surface area contributed by atoms with Gasteiger partial charge in [0.25, 0.3) is 11.2 Å². The number of fused-ring (bicyclic) bond motifs is 1. The van der Waals surface area contributed by atoms with Crippen LogP contribution >= 0.6 is 11.6 Å². The predicted octanol–water partition coefficient (Wildman–Crippen LogP) is 2.55. The Morgan fingerprint density at radius 2 is 2.10 bits per heavy atom. The highest BCUT2D eigenvalue weighted by Gasteiger charge is 2.25. The first kappa shape index (κ1) is 21.2. The minimum atomic E-state index is -3.61. The molecule has 12 heteroatoms. The number of hydrogen-bond donors (Lipinski definition) is 1. The van der Waals surface area contributed by atoms with Crippen LogP contribution in [-0.4, -0.2) is 41.0 Å². The number of benzene rings is 1. The fourth-order valence-electron chi connectivity index (χ4n) is 3.46. The van der Waals surface area contributed by atoms with Crippen LogP contribution in [0.2, 0.25) is 5.02 Å². The van der Waals surface area contributed by atoms with Crippen LogP contribution in [0.15, 0.2) is 44.7 Å². The van der Waals surface area contributed by atoms with Crippen LogP contribution in [0, 0.1) is 10.1 Å². The Labute approximate surface area is 181 Å². The van der Waals surface area contributed by atoms with E-state index in [0.717, 1.165) is 6.26 Å². The second kappa shape index (κ2) is 7.91. The van der Waals surface area contributed by atoms with E-state index < -0.39 is 20.3 Å². The summed E-state index contributed by atoms with van der Waals surface area (Å²) in [5.74, 6) is 0.910. The van der Waals surface area contributed by atoms with Gasteiger partial charge in [-0.05, 0) is 24.3 Å². The van der Waals surface area contributed by atoms with Gasteiger partial charge in [-0.3, -0.25) is 24.8 Å². The van der Waals surface area contributed by atoms with Gasteiger partial charge in [-0.25, -0.2) is 13.4 Å². The van der Waals surface area contributed by atoms with Gasteiger partial charge in [0, 0.05) is 36.9 Å². The number of aromatic nitrogens is 2. The highest BCUT2D eigenvalue weighted by Crippen LogP contribution is 2.33. The minimum absolute atomic E-state index is 0.153. The van der Waals surface area contributed by atoms with Crippen molar-refractivity contribution in [2.75, 3.05) is 12.8 Å². The standard InChI is InChI=1S/C19H17ClN4O6S/c1-31(28,29)19-21-15-6-7-23(10-14(15)18(25)22-19)9-12-3-5-17(30-12)13-4-2-11(20)8-16(13)24(26)27/h2-5,8H,6-7,9-10H2,1H3,(H,21,22,25). The molecule has 1 N–H and O–H groups in total. The van der Waals surface area contributed by atoms with Gasteiger partial charge in [0.2, 0.25) is 15.0 Å². The maximum absolute atomic E-state index is 12.4. The molecule has 31 heavy (non-hydrogen) atoms. The Morgan fingerprint density at radius 1 is 1.32 bits per heavy atom. The zero-order valence-corrected chi connectivity index (χ0v) is 17.9. The molecule has 162 valence electrons. The van der Waals surface area contributed by atoms with E-state index in [9.17, 15) is 23.3 Å². The fraction of sp³-hybridized carbons (Fsp3) is 0.263. The van der Waals surface area contributed by atoms with Crippen molar-refractivity contribution < 1.29 is 17.8 Å². The van der Waals surface area contributed by atoms with Crippen molar-refractivity contribution in [2.45, 2.75) is 24.7 Å². The molecule has 0 aliphatic carbocycles. The van der Waals surface area contributed by atoms with E-state index in [1.54, 1.807) is 18.2 Å². The second-order valence-corrected chi connectivity index (χ2v) is 9.58. The predicted molar refractivity (Wildman–Crippen MR) is 112 cm³/mol. The van der Waals surface area contributed by atoms with Crippen LogP contribution in [0.1, 0.15) is 17.0 Å². The number of rotatable bonds is 5. The van der Waals surface area contributed by atoms with E-state index in [1.165, 1.54) is 12.1 Å². The first-order valence-electron chi connectivity index (χ1n) is 9.19. The molecule has 0 radical (unpaired) electrons. The first-order valence-corrected chi connectivity index (χ1v) is 11.5. The van der Waals surface area contributed by atoms with E-state index >= 15 is 0 Å². The average molecular weight is 465 g/mol. The molecule has 1 aliphatic heterocycles. The lowest BCUT2D eigenvalue weighted by Crippen LogP contribution is -2.36. The number of halogens is 1. The van der Waals surface area contributed by atoms with Gasteiger partial charge in [-0.2, -0.15) is 0 Å². The highest BCUT2D eigenvalue weighted by atomic mass is 35.5. The molecule has 4 rings (SSSR count). The largest absolute Gasteiger partial charge is 0.459 e. The quantitative estimate of drug-likeness (QED) is 0.345. The molecule has 0 amide bonds. The minimum Gasteiger partial charge on any atom is -0.459 e. The monoisotopic (exact) mass is 464 g/mol. The number of nitrogens with zero attached hydrogens (tertiary/aromatic N) is 3. The summed E-state index contributed by atoms with van der Waals surface area (Å²) in [5.41, 5.74) is 0.571. The number of nitro benzene ring substituents is 1. The van der Waals surface area contributed by atoms with Crippen molar-refractivity contribution in [3.8, 4) is 11.3 Å². The summed E-state index contributed by atoms with van der Waals surface area (Å²) >= 11 is 5.86. The van der Waals surface area contributed by atoms with Crippen LogP contribution in [0.5, 0.6) is 0 Å². The Balaban J connectivity index is 1.55. The zero-order chi connectivity index (χ0) is 22.3. The van der Waals surface area contributed by atoms with Crippen LogP contribution in [-0.2, 0) is 29.3 Å². The lowest BCUT2D eigenvalue weighted by Gasteiger charge is -2.26. The number of sulfone groups is 1. The summed E-state index contributed by atoms with van der Waals surface area (Å²) in [6, 6.07) is 7.72. The summed E-state index contributed by atoms with van der Waals surface area (Å²) < 4.78 is 29.2. The maximum Gasteiger partial charge on any atom is 0.281 e. The van der Waals surface area contributed by atoms with Crippen molar-refractivity contribution in [1.82, 2.24) is 14.9 Å². The Bertz CT molecular complexity index is 1350. The number of hydrogen-bond acceptors (Lipinski definition) is 8. The maximum atomic E-state index is 12.4. The van der Waals surface area contributed by atoms with Crippen molar-refractivity contribution in [1.29, 1.82) is 0 Å². The molecule has 0 spiro atoms. The molecule has 0 saturated carbocycles. The molecule has 0 bridgehead atoms. The Morgan fingerprint density at radius 3 is 2.81 bits per heavy atom. The summed E-state index contributed by atoms with van der Waals surface area (Å²) in [5, 5.41) is 11.3. The van der Waals surface area contributed by atoms with E-state index in [2.05, 4.69) is 9.97 Å². The molecule has 1 aromatic carbocycles. The van der Waals surface area contributed by atoms with Crippen molar-refractivity contribution in [2.24, 2.45) is 0 Å². The Kier molecular flexibility index (Phi) is 5.42. The lowest BCUT2D eigenvalue weighted by atomic mass is 10.1. The van der Waals surface area contributed by atoms with Gasteiger partial charge >= 0.3 is 0 Å². The molecular formula is C19H17ClN4O6S. The summed E-state index contributed by atoms with van der Waals surface area (Å²) in [7, 11) is -3.61. The topological polar surface area (TPSA) is 139 Å². The number of H-pyrrole nitrogens is 1. The van der Waals surface area contributed by atoms with Gasteiger partial charge < -0.3 is 4.42 Å². The molecule has 3 aromatic rings. The number of nitrogens with one attached hydrogen (secondary N) is 1. The molecule has 0 unspecified atom stereocenters. The molecule has 3 heterocycles. The van der Waals surface area contributed by atoms with E-state index in [4.69, 9.17) is 16.0 Å². The summed E-state index contributed by atoms with van der Waals surface area (Å²) in [6.07, 6.45) is 1.41. The first-order chi connectivity index (χ1) is 14.6. The van der Waals surface area contributed by atoms with E-state index in [-0.39, 0.29) is 22.4 Å². The normalized spacial score (nSPS) is 14.4. The smallest absolute Gasteiger partial charge is 0.281 e. The molecule has 10 nitrogen and oxygen atoms in total. The molecule has 0 saturated heterocycles. The van der Waals surface area contributed by atoms with Gasteiger partial charge in [0.05, 0.1) is 28.3 Å². The van der Waals surface area contributed by atoms with Crippen LogP contribution in [0.4, 0.5) is 5.69 Å². The van der Waals surface area contributed by atoms with Crippen LogP contribution in [0.3, 0.4) is 0 Å². The molecule has 0 atom stereocenters. The molecule has 2 aromatic heterocycles. The van der Waals surface area contributed by atoms with Crippen LogP contribution in [0.25, 0.3) is 11.3 Å². The highest BCUT2D eigenvalue weighted by molar-refractivity contribution is 7.90. The third-order valence-electron chi connectivity index (χ3n) is 4.94. The van der Waals surface area contributed by atoms with Crippen molar-refractivity contribution in [3.63, 3.8) is 0 Å². The van der Waals surface area contributed by atoms with E-state index in [1.807, 2.05) is 4.90 Å². The number of aromatic amines is 1. The number of nitro groups is 1. The fourth-order valence-corrected chi connectivity index (χ4v) is 4.18. The number of furan rings is 1. The SMILES string of the molecule is CS(=O)(=O)c1nc2c(c(=O)[nH]1)CN(Cc1ccc(-c3ccc(Cl)cc3[N+](=O)[O-])o1)CC2. The lowest BCUT2D eigenvalue weighted by molar-refractivity contribution is -0.384. The molecular weight excluding hydrogens is 448 g/mol.